The molecule has 172 valence electrons. The molecule has 1 atom stereocenters. The Labute approximate surface area is 195 Å². The van der Waals surface area contributed by atoms with Gasteiger partial charge in [0.05, 0.1) is 41.1 Å². The summed E-state index contributed by atoms with van der Waals surface area (Å²) < 4.78 is 24.8. The van der Waals surface area contributed by atoms with Crippen LogP contribution in [0.25, 0.3) is 17.1 Å². The molecule has 8 nitrogen and oxygen atoms in total. The number of amides is 1. The van der Waals surface area contributed by atoms with Gasteiger partial charge in [-0.15, -0.1) is 10.2 Å². The quantitative estimate of drug-likeness (QED) is 0.487. The van der Waals surface area contributed by atoms with E-state index in [0.717, 1.165) is 35.3 Å². The maximum Gasteiger partial charge on any atom is 0.258 e. The van der Waals surface area contributed by atoms with Gasteiger partial charge in [0, 0.05) is 12.1 Å². The molecule has 6 rings (SSSR count). The normalized spacial score (nSPS) is 16.9. The minimum Gasteiger partial charge on any atom is -0.486 e. The zero-order valence-corrected chi connectivity index (χ0v) is 18.8. The predicted octanol–water partition coefficient (Wildman–Crippen LogP) is 4.49. The van der Waals surface area contributed by atoms with Gasteiger partial charge in [-0.2, -0.15) is 0 Å². The molecule has 0 saturated heterocycles. The maximum absolute atomic E-state index is 14.9. The first-order chi connectivity index (χ1) is 16.5. The Kier molecular flexibility index (Phi) is 4.72. The van der Waals surface area contributed by atoms with Crippen LogP contribution < -0.4 is 10.1 Å². The number of carbonyl (C=O) groups excluding carboxylic acids is 1. The number of carbonyl (C=O) groups is 1. The molecule has 4 aromatic rings. The molecule has 1 amide bonds. The second-order valence-corrected chi connectivity index (χ2v) is 8.97. The van der Waals surface area contributed by atoms with Gasteiger partial charge in [0.2, 0.25) is 0 Å². The fourth-order valence-electron chi connectivity index (χ4n) is 4.41. The number of imidazole rings is 1. The van der Waals surface area contributed by atoms with Crippen molar-refractivity contribution >= 4 is 11.6 Å². The van der Waals surface area contributed by atoms with Crippen molar-refractivity contribution in [3.8, 4) is 22.8 Å². The number of fused-ring (bicyclic) bond motifs is 3. The molecule has 0 radical (unpaired) electrons. The molecule has 9 heteroatoms. The fourth-order valence-corrected chi connectivity index (χ4v) is 4.41. The van der Waals surface area contributed by atoms with Crippen LogP contribution in [0.1, 0.15) is 47.3 Å². The number of para-hydroxylation sites is 1. The van der Waals surface area contributed by atoms with Gasteiger partial charge in [-0.25, -0.2) is 9.37 Å². The molecule has 34 heavy (non-hydrogen) atoms. The Morgan fingerprint density at radius 2 is 2.09 bits per heavy atom. The second kappa shape index (κ2) is 7.79. The molecule has 1 fully saturated rings. The molecule has 2 aliphatic rings. The molecule has 0 bridgehead atoms. The lowest BCUT2D eigenvalue weighted by molar-refractivity contribution is 0.102. The lowest BCUT2D eigenvalue weighted by atomic mass is 10.1. The highest BCUT2D eigenvalue weighted by Crippen LogP contribution is 2.40. The monoisotopic (exact) mass is 458 g/mol. The van der Waals surface area contributed by atoms with E-state index in [2.05, 4.69) is 20.5 Å². The summed E-state index contributed by atoms with van der Waals surface area (Å²) in [5.41, 5.74) is 3.59. The molecule has 1 aliphatic carbocycles. The van der Waals surface area contributed by atoms with Crippen LogP contribution in [0.3, 0.4) is 0 Å². The summed E-state index contributed by atoms with van der Waals surface area (Å²) in [6.45, 7) is 4.33. The highest BCUT2D eigenvalue weighted by molar-refractivity contribution is 6.06. The number of halogens is 1. The van der Waals surface area contributed by atoms with Crippen LogP contribution in [0.15, 0.2) is 49.2 Å². The second-order valence-electron chi connectivity index (χ2n) is 8.97. The van der Waals surface area contributed by atoms with Crippen LogP contribution in [-0.2, 0) is 6.54 Å². The van der Waals surface area contributed by atoms with Crippen molar-refractivity contribution in [1.82, 2.24) is 24.3 Å². The van der Waals surface area contributed by atoms with E-state index in [9.17, 15) is 9.18 Å². The average molecular weight is 458 g/mol. The smallest absolute Gasteiger partial charge is 0.258 e. The van der Waals surface area contributed by atoms with Crippen molar-refractivity contribution in [3.63, 3.8) is 0 Å². The number of nitrogens with zero attached hydrogens (tertiary/aromatic N) is 5. The largest absolute Gasteiger partial charge is 0.486 e. The Balaban J connectivity index is 1.35. The van der Waals surface area contributed by atoms with Crippen molar-refractivity contribution in [2.75, 3.05) is 5.32 Å². The maximum atomic E-state index is 14.9. The zero-order valence-electron chi connectivity index (χ0n) is 18.8. The van der Waals surface area contributed by atoms with Crippen LogP contribution in [0, 0.1) is 12.7 Å². The van der Waals surface area contributed by atoms with Crippen LogP contribution in [0.5, 0.6) is 5.75 Å². The molecule has 2 aromatic heterocycles. The summed E-state index contributed by atoms with van der Waals surface area (Å²) >= 11 is 0. The van der Waals surface area contributed by atoms with Crippen molar-refractivity contribution < 1.29 is 13.9 Å². The van der Waals surface area contributed by atoms with Crippen molar-refractivity contribution in [2.24, 2.45) is 0 Å². The average Bonchev–Trinajstić information content (AvgIpc) is 3.40. The standard InChI is InChI=1S/C25H23FN6O2/c1-14-8-19(26)18(9-22(14)31-11-21(27-12-31)16-6-7-16)25(33)29-20-5-3-4-17-23(20)34-15(2)10-32-13-28-30-24(17)32/h3-5,8-9,11-13,15-16H,6-7,10H2,1-2H3,(H,29,33)/t15-/m1/s1. The van der Waals surface area contributed by atoms with Crippen LogP contribution in [-0.4, -0.2) is 36.3 Å². The minimum absolute atomic E-state index is 0.0512. The lowest BCUT2D eigenvalue weighted by Gasteiger charge is -2.17. The Morgan fingerprint density at radius 3 is 2.91 bits per heavy atom. The van der Waals surface area contributed by atoms with E-state index in [1.807, 2.05) is 35.2 Å². The zero-order chi connectivity index (χ0) is 23.4. The fraction of sp³-hybridized carbons (Fsp3) is 0.280. The minimum atomic E-state index is -0.586. The highest BCUT2D eigenvalue weighted by atomic mass is 19.1. The molecule has 1 N–H and O–H groups in total. The Bertz CT molecular complexity index is 1420. The SMILES string of the molecule is Cc1cc(F)c(C(=O)Nc2cccc3c2O[C@H](C)Cn2cnnc2-3)cc1-n1cnc(C2CC2)c1. The van der Waals surface area contributed by atoms with Gasteiger partial charge in [0.25, 0.3) is 5.91 Å². The van der Waals surface area contributed by atoms with E-state index in [1.54, 1.807) is 30.9 Å². The molecule has 2 aromatic carbocycles. The van der Waals surface area contributed by atoms with Crippen molar-refractivity contribution in [1.29, 1.82) is 0 Å². The molecule has 0 unspecified atom stereocenters. The van der Waals surface area contributed by atoms with E-state index in [4.69, 9.17) is 4.74 Å². The van der Waals surface area contributed by atoms with Crippen molar-refractivity contribution in [3.05, 3.63) is 71.8 Å². The van der Waals surface area contributed by atoms with Crippen LogP contribution in [0.4, 0.5) is 10.1 Å². The topological polar surface area (TPSA) is 86.9 Å². The van der Waals surface area contributed by atoms with Gasteiger partial charge in [0.1, 0.15) is 18.2 Å². The Morgan fingerprint density at radius 1 is 1.24 bits per heavy atom. The van der Waals surface area contributed by atoms with E-state index < -0.39 is 11.7 Å². The molecule has 3 heterocycles. The number of aromatic nitrogens is 5. The number of aryl methyl sites for hydroxylation is 1. The number of anilines is 1. The summed E-state index contributed by atoms with van der Waals surface area (Å²) in [7, 11) is 0. The number of benzene rings is 2. The number of rotatable bonds is 4. The summed E-state index contributed by atoms with van der Waals surface area (Å²) in [5.74, 6) is 0.512. The van der Waals surface area contributed by atoms with Crippen LogP contribution in [0.2, 0.25) is 0 Å². The van der Waals surface area contributed by atoms with E-state index in [1.165, 1.54) is 6.07 Å². The first-order valence-electron chi connectivity index (χ1n) is 11.3. The number of hydrogen-bond donors (Lipinski definition) is 1. The van der Waals surface area contributed by atoms with Gasteiger partial charge >= 0.3 is 0 Å². The van der Waals surface area contributed by atoms with Crippen molar-refractivity contribution in [2.45, 2.75) is 45.3 Å². The van der Waals surface area contributed by atoms with Gasteiger partial charge in [-0.05, 0) is 56.5 Å². The molecule has 1 aliphatic heterocycles. The molecular formula is C25H23FN6O2. The molecular weight excluding hydrogens is 435 g/mol. The number of hydrogen-bond acceptors (Lipinski definition) is 5. The first kappa shape index (κ1) is 20.6. The van der Waals surface area contributed by atoms with Crippen LogP contribution >= 0.6 is 0 Å². The highest BCUT2D eigenvalue weighted by Gasteiger charge is 2.27. The third kappa shape index (κ3) is 3.53. The van der Waals surface area contributed by atoms with Gasteiger partial charge < -0.3 is 19.2 Å². The predicted molar refractivity (Wildman–Crippen MR) is 124 cm³/mol. The lowest BCUT2D eigenvalue weighted by Crippen LogP contribution is -2.19. The van der Waals surface area contributed by atoms with Gasteiger partial charge in [0.15, 0.2) is 11.6 Å². The van der Waals surface area contributed by atoms with E-state index in [0.29, 0.717) is 29.7 Å². The van der Waals surface area contributed by atoms with E-state index >= 15 is 0 Å². The third-order valence-corrected chi connectivity index (χ3v) is 6.30. The number of ether oxygens (including phenoxy) is 1. The third-order valence-electron chi connectivity index (χ3n) is 6.30. The number of nitrogens with one attached hydrogen (secondary N) is 1. The summed E-state index contributed by atoms with van der Waals surface area (Å²) in [6.07, 6.45) is 7.46. The molecule has 1 saturated carbocycles. The summed E-state index contributed by atoms with van der Waals surface area (Å²) in [5, 5.41) is 11.1. The Hall–Kier alpha value is -4.01. The first-order valence-corrected chi connectivity index (χ1v) is 11.3. The van der Waals surface area contributed by atoms with Gasteiger partial charge in [-0.1, -0.05) is 6.07 Å². The van der Waals surface area contributed by atoms with Gasteiger partial charge in [-0.3, -0.25) is 4.79 Å². The summed E-state index contributed by atoms with van der Waals surface area (Å²) in [6, 6.07) is 8.35. The van der Waals surface area contributed by atoms with E-state index in [-0.39, 0.29) is 11.7 Å². The molecule has 0 spiro atoms. The summed E-state index contributed by atoms with van der Waals surface area (Å²) in [4.78, 5) is 17.7.